The Morgan fingerprint density at radius 3 is 2.36 bits per heavy atom. The number of hydrogen-bond donors (Lipinski definition) is 1. The van der Waals surface area contributed by atoms with Crippen molar-refractivity contribution in [3.8, 4) is 0 Å². The van der Waals surface area contributed by atoms with Crippen LogP contribution in [0.1, 0.15) is 34.2 Å². The van der Waals surface area contributed by atoms with Crippen LogP contribution in [0.4, 0.5) is 5.69 Å². The number of morpholine rings is 1. The lowest BCUT2D eigenvalue weighted by Crippen LogP contribution is -2.39. The number of anilines is 1. The van der Waals surface area contributed by atoms with Crippen LogP contribution in [0.3, 0.4) is 0 Å². The second-order valence-corrected chi connectivity index (χ2v) is 8.99. The topological polar surface area (TPSA) is 61.9 Å². The minimum Gasteiger partial charge on any atom is -0.379 e. The molecule has 2 aliphatic heterocycles. The van der Waals surface area contributed by atoms with E-state index in [1.807, 2.05) is 64.1 Å². The van der Waals surface area contributed by atoms with E-state index in [2.05, 4.69) is 10.2 Å². The molecular weight excluding hydrogens is 414 g/mol. The second-order valence-electron chi connectivity index (χ2n) is 8.99. The van der Waals surface area contributed by atoms with Crippen LogP contribution in [0.15, 0.2) is 42.1 Å². The van der Waals surface area contributed by atoms with Gasteiger partial charge in [0.15, 0.2) is 0 Å². The van der Waals surface area contributed by atoms with Crippen molar-refractivity contribution in [3.05, 3.63) is 69.9 Å². The molecule has 2 heterocycles. The molecule has 2 aromatic carbocycles. The molecule has 33 heavy (non-hydrogen) atoms. The van der Waals surface area contributed by atoms with Gasteiger partial charge in [0.25, 0.3) is 11.8 Å². The van der Waals surface area contributed by atoms with E-state index < -0.39 is 0 Å². The molecular formula is C27H33N3O3. The van der Waals surface area contributed by atoms with Crippen molar-refractivity contribution in [3.63, 3.8) is 0 Å². The number of nitrogens with zero attached hydrogens (tertiary/aromatic N) is 2. The Morgan fingerprint density at radius 1 is 0.879 bits per heavy atom. The quantitative estimate of drug-likeness (QED) is 0.654. The van der Waals surface area contributed by atoms with Gasteiger partial charge in [-0.15, -0.1) is 0 Å². The molecule has 0 aliphatic carbocycles. The third-order valence-electron chi connectivity index (χ3n) is 6.79. The largest absolute Gasteiger partial charge is 0.379 e. The van der Waals surface area contributed by atoms with Gasteiger partial charge in [-0.3, -0.25) is 19.4 Å². The average molecular weight is 448 g/mol. The summed E-state index contributed by atoms with van der Waals surface area (Å²) in [6.07, 6.45) is 0.744. The Kier molecular flexibility index (Phi) is 6.96. The van der Waals surface area contributed by atoms with Crippen LogP contribution < -0.4 is 5.32 Å². The first-order chi connectivity index (χ1) is 15.9. The lowest BCUT2D eigenvalue weighted by Gasteiger charge is -2.27. The summed E-state index contributed by atoms with van der Waals surface area (Å²) in [6, 6.07) is 11.9. The van der Waals surface area contributed by atoms with E-state index in [0.29, 0.717) is 17.8 Å². The van der Waals surface area contributed by atoms with Gasteiger partial charge in [-0.1, -0.05) is 30.3 Å². The zero-order chi connectivity index (χ0) is 23.5. The molecule has 0 saturated carbocycles. The van der Waals surface area contributed by atoms with Gasteiger partial charge >= 0.3 is 0 Å². The van der Waals surface area contributed by atoms with E-state index >= 15 is 0 Å². The maximum Gasteiger partial charge on any atom is 0.278 e. The van der Waals surface area contributed by atoms with Crippen LogP contribution in [-0.4, -0.2) is 61.0 Å². The third kappa shape index (κ3) is 4.87. The number of ether oxygens (including phenoxy) is 1. The molecule has 2 amide bonds. The van der Waals surface area contributed by atoms with Crippen LogP contribution in [0, 0.1) is 27.7 Å². The molecule has 6 nitrogen and oxygen atoms in total. The molecule has 0 atom stereocenters. The van der Waals surface area contributed by atoms with Crippen LogP contribution >= 0.6 is 0 Å². The number of carbonyl (C=O) groups excluding carboxylic acids is 2. The highest BCUT2D eigenvalue weighted by Gasteiger charge is 2.39. The molecule has 4 rings (SSSR count). The number of rotatable bonds is 7. The molecule has 0 aromatic heterocycles. The fourth-order valence-corrected chi connectivity index (χ4v) is 4.36. The van der Waals surface area contributed by atoms with Crippen molar-refractivity contribution >= 4 is 23.1 Å². The number of imide groups is 1. The summed E-state index contributed by atoms with van der Waals surface area (Å²) in [4.78, 5) is 30.7. The van der Waals surface area contributed by atoms with Gasteiger partial charge in [0.2, 0.25) is 0 Å². The number of amides is 2. The summed E-state index contributed by atoms with van der Waals surface area (Å²) in [5.74, 6) is -0.478. The fraction of sp³-hybridized carbons (Fsp3) is 0.407. The summed E-state index contributed by atoms with van der Waals surface area (Å²) >= 11 is 0. The Balaban J connectivity index is 1.62. The predicted octanol–water partition coefficient (Wildman–Crippen LogP) is 3.83. The highest BCUT2D eigenvalue weighted by molar-refractivity contribution is 6.36. The van der Waals surface area contributed by atoms with Crippen LogP contribution in [0.5, 0.6) is 0 Å². The summed E-state index contributed by atoms with van der Waals surface area (Å²) in [5, 5.41) is 3.32. The average Bonchev–Trinajstić information content (AvgIpc) is 3.03. The van der Waals surface area contributed by atoms with Gasteiger partial charge in [0.05, 0.1) is 18.8 Å². The smallest absolute Gasteiger partial charge is 0.278 e. The molecule has 0 bridgehead atoms. The molecule has 1 saturated heterocycles. The Bertz CT molecular complexity index is 1100. The lowest BCUT2D eigenvalue weighted by molar-refractivity contribution is -0.136. The third-order valence-corrected chi connectivity index (χ3v) is 6.79. The first-order valence-corrected chi connectivity index (χ1v) is 11.7. The molecule has 1 fully saturated rings. The van der Waals surface area contributed by atoms with Crippen molar-refractivity contribution in [2.45, 2.75) is 34.1 Å². The summed E-state index contributed by atoms with van der Waals surface area (Å²) in [7, 11) is 0. The van der Waals surface area contributed by atoms with E-state index in [-0.39, 0.29) is 11.8 Å². The van der Waals surface area contributed by atoms with E-state index in [1.165, 1.54) is 4.90 Å². The Labute approximate surface area is 196 Å². The maximum atomic E-state index is 13.5. The Hall–Kier alpha value is -2.96. The van der Waals surface area contributed by atoms with Gasteiger partial charge in [-0.25, -0.2) is 0 Å². The maximum absolute atomic E-state index is 13.5. The summed E-state index contributed by atoms with van der Waals surface area (Å²) in [5.41, 5.74) is 6.89. The molecule has 0 spiro atoms. The van der Waals surface area contributed by atoms with Crippen molar-refractivity contribution < 1.29 is 14.3 Å². The van der Waals surface area contributed by atoms with Gasteiger partial charge in [-0.2, -0.15) is 0 Å². The van der Waals surface area contributed by atoms with E-state index in [9.17, 15) is 9.59 Å². The number of nitrogens with one attached hydrogen (secondary N) is 1. The molecule has 0 unspecified atom stereocenters. The fourth-order valence-electron chi connectivity index (χ4n) is 4.36. The second kappa shape index (κ2) is 9.89. The lowest BCUT2D eigenvalue weighted by atomic mass is 9.99. The van der Waals surface area contributed by atoms with Crippen molar-refractivity contribution in [1.82, 2.24) is 9.80 Å². The van der Waals surface area contributed by atoms with Crippen LogP contribution in [-0.2, 0) is 14.3 Å². The summed E-state index contributed by atoms with van der Waals surface area (Å²) < 4.78 is 5.41. The first kappa shape index (κ1) is 23.2. The SMILES string of the molecule is Cc1ccc(C2=C(Nc3cccc(C)c3C)C(=O)N(CCCN3CCOCC3)C2=O)cc1C. The highest BCUT2D eigenvalue weighted by Crippen LogP contribution is 2.32. The molecule has 2 aromatic rings. The number of carbonyl (C=O) groups is 2. The minimum absolute atomic E-state index is 0.224. The molecule has 1 N–H and O–H groups in total. The summed E-state index contributed by atoms with van der Waals surface area (Å²) in [6.45, 7) is 12.7. The van der Waals surface area contributed by atoms with Crippen molar-refractivity contribution in [2.75, 3.05) is 44.7 Å². The zero-order valence-electron chi connectivity index (χ0n) is 20.0. The number of hydrogen-bond acceptors (Lipinski definition) is 5. The van der Waals surface area contributed by atoms with Crippen molar-refractivity contribution in [2.24, 2.45) is 0 Å². The molecule has 0 radical (unpaired) electrons. The van der Waals surface area contributed by atoms with Gasteiger partial charge < -0.3 is 10.1 Å². The standard InChI is InChI=1S/C27H33N3O3/c1-18-9-10-22(17-20(18)3)24-25(28-23-8-5-7-19(2)21(23)4)27(32)30(26(24)31)12-6-11-29-13-15-33-16-14-29/h5,7-10,17,28H,6,11-16H2,1-4H3. The first-order valence-electron chi connectivity index (χ1n) is 11.7. The predicted molar refractivity (Wildman–Crippen MR) is 131 cm³/mol. The van der Waals surface area contributed by atoms with Crippen LogP contribution in [0.25, 0.3) is 5.57 Å². The van der Waals surface area contributed by atoms with E-state index in [1.54, 1.807) is 0 Å². The van der Waals surface area contributed by atoms with Gasteiger partial charge in [0.1, 0.15) is 5.70 Å². The number of benzene rings is 2. The number of aryl methyl sites for hydroxylation is 3. The van der Waals surface area contributed by atoms with Crippen molar-refractivity contribution in [1.29, 1.82) is 0 Å². The molecule has 174 valence electrons. The van der Waals surface area contributed by atoms with Gasteiger partial charge in [0, 0.05) is 31.9 Å². The normalized spacial score (nSPS) is 17.3. The van der Waals surface area contributed by atoms with E-state index in [0.717, 1.165) is 72.8 Å². The monoisotopic (exact) mass is 447 g/mol. The minimum atomic E-state index is -0.254. The van der Waals surface area contributed by atoms with Crippen LogP contribution in [0.2, 0.25) is 0 Å². The molecule has 2 aliphatic rings. The van der Waals surface area contributed by atoms with Gasteiger partial charge in [-0.05, 0) is 68.0 Å². The Morgan fingerprint density at radius 2 is 1.64 bits per heavy atom. The van der Waals surface area contributed by atoms with E-state index in [4.69, 9.17) is 4.74 Å². The highest BCUT2D eigenvalue weighted by atomic mass is 16.5. The zero-order valence-corrected chi connectivity index (χ0v) is 20.0. The molecule has 6 heteroatoms.